The summed E-state index contributed by atoms with van der Waals surface area (Å²) in [5.74, 6) is 1.31. The van der Waals surface area contributed by atoms with Crippen LogP contribution in [0.25, 0.3) is 0 Å². The molecule has 84 valence electrons. The summed E-state index contributed by atoms with van der Waals surface area (Å²) in [4.78, 5) is 0. The molecule has 0 aromatic rings. The van der Waals surface area contributed by atoms with E-state index in [2.05, 4.69) is 49.1 Å². The van der Waals surface area contributed by atoms with Crippen LogP contribution in [0.1, 0.15) is 20.3 Å². The first-order chi connectivity index (χ1) is 7.10. The fraction of sp³-hybridized carbons (Fsp3) is 0.692. The van der Waals surface area contributed by atoms with Crippen LogP contribution in [0.5, 0.6) is 0 Å². The number of ether oxygens (including phenoxy) is 1. The molecule has 1 aliphatic heterocycles. The standard InChI is InChI=1S/C13H19IO/c1-4-9-7-13(2,3)12-11(9)10(5-6-14)8-15-12/h4,7,10-12H,1,5-6,8H2,2-3H3/t10-,11-,12+/m1/s1. The second-order valence-corrected chi connectivity index (χ2v) is 6.27. The molecule has 0 amide bonds. The summed E-state index contributed by atoms with van der Waals surface area (Å²) in [5, 5.41) is 0. The minimum atomic E-state index is 0.189. The minimum absolute atomic E-state index is 0.189. The Morgan fingerprint density at radius 1 is 1.67 bits per heavy atom. The third kappa shape index (κ3) is 1.91. The normalized spacial score (nSPS) is 37.5. The average Bonchev–Trinajstić information content (AvgIpc) is 2.69. The van der Waals surface area contributed by atoms with E-state index in [-0.39, 0.29) is 5.41 Å². The van der Waals surface area contributed by atoms with Crippen LogP contribution >= 0.6 is 22.6 Å². The number of rotatable bonds is 3. The number of halogens is 1. The lowest BCUT2D eigenvalue weighted by Gasteiger charge is -2.25. The van der Waals surface area contributed by atoms with Crippen molar-refractivity contribution < 1.29 is 4.74 Å². The number of alkyl halides is 1. The molecule has 1 nitrogen and oxygen atoms in total. The molecule has 2 heteroatoms. The molecule has 2 aliphatic rings. The molecular formula is C13H19IO. The van der Waals surface area contributed by atoms with Crippen molar-refractivity contribution in [3.05, 3.63) is 24.3 Å². The van der Waals surface area contributed by atoms with E-state index in [1.165, 1.54) is 16.4 Å². The van der Waals surface area contributed by atoms with Crippen molar-refractivity contribution >= 4 is 22.6 Å². The van der Waals surface area contributed by atoms with Gasteiger partial charge in [-0.3, -0.25) is 0 Å². The molecule has 1 fully saturated rings. The molecule has 15 heavy (non-hydrogen) atoms. The molecular weight excluding hydrogens is 299 g/mol. The lowest BCUT2D eigenvalue weighted by atomic mass is 9.81. The van der Waals surface area contributed by atoms with Gasteiger partial charge in [-0.15, -0.1) is 0 Å². The fourth-order valence-electron chi connectivity index (χ4n) is 3.01. The summed E-state index contributed by atoms with van der Waals surface area (Å²) in [7, 11) is 0. The molecule has 1 aliphatic carbocycles. The van der Waals surface area contributed by atoms with Gasteiger partial charge in [0.05, 0.1) is 12.7 Å². The van der Waals surface area contributed by atoms with Gasteiger partial charge in [0.15, 0.2) is 0 Å². The van der Waals surface area contributed by atoms with Crippen molar-refractivity contribution in [1.29, 1.82) is 0 Å². The van der Waals surface area contributed by atoms with Gasteiger partial charge in [0, 0.05) is 11.3 Å². The molecule has 0 radical (unpaired) electrons. The smallest absolute Gasteiger partial charge is 0.0732 e. The van der Waals surface area contributed by atoms with E-state index in [4.69, 9.17) is 4.74 Å². The van der Waals surface area contributed by atoms with E-state index in [0.29, 0.717) is 17.9 Å². The largest absolute Gasteiger partial charge is 0.376 e. The quantitative estimate of drug-likeness (QED) is 0.571. The highest BCUT2D eigenvalue weighted by Gasteiger charge is 2.49. The van der Waals surface area contributed by atoms with Crippen molar-refractivity contribution in [3.63, 3.8) is 0 Å². The summed E-state index contributed by atoms with van der Waals surface area (Å²) >= 11 is 2.46. The molecule has 0 unspecified atom stereocenters. The lowest BCUT2D eigenvalue weighted by molar-refractivity contribution is 0.0380. The predicted octanol–water partition coefficient (Wildman–Crippen LogP) is 3.59. The van der Waals surface area contributed by atoms with Crippen LogP contribution in [-0.4, -0.2) is 17.1 Å². The summed E-state index contributed by atoms with van der Waals surface area (Å²) in [6.07, 6.45) is 6.04. The average molecular weight is 318 g/mol. The Morgan fingerprint density at radius 2 is 2.40 bits per heavy atom. The van der Waals surface area contributed by atoms with Crippen molar-refractivity contribution in [2.75, 3.05) is 11.0 Å². The zero-order valence-electron chi connectivity index (χ0n) is 9.50. The summed E-state index contributed by atoms with van der Waals surface area (Å²) in [5.41, 5.74) is 1.60. The van der Waals surface area contributed by atoms with Gasteiger partial charge in [-0.05, 0) is 22.3 Å². The zero-order valence-corrected chi connectivity index (χ0v) is 11.7. The molecule has 0 spiro atoms. The molecule has 3 atom stereocenters. The summed E-state index contributed by atoms with van der Waals surface area (Å²) < 4.78 is 7.21. The molecule has 1 saturated heterocycles. The molecule has 0 saturated carbocycles. The van der Waals surface area contributed by atoms with E-state index in [1.807, 2.05) is 6.08 Å². The first-order valence-electron chi connectivity index (χ1n) is 5.63. The van der Waals surface area contributed by atoms with Gasteiger partial charge in [0.25, 0.3) is 0 Å². The third-order valence-corrected chi connectivity index (χ3v) is 4.32. The second-order valence-electron chi connectivity index (χ2n) is 5.19. The maximum Gasteiger partial charge on any atom is 0.0732 e. The van der Waals surface area contributed by atoms with Crippen molar-refractivity contribution in [2.24, 2.45) is 17.3 Å². The van der Waals surface area contributed by atoms with E-state index >= 15 is 0 Å². The molecule has 0 N–H and O–H groups in total. The summed E-state index contributed by atoms with van der Waals surface area (Å²) in [6.45, 7) is 9.42. The van der Waals surface area contributed by atoms with Crippen LogP contribution in [-0.2, 0) is 4.74 Å². The maximum atomic E-state index is 5.99. The number of hydrogen-bond acceptors (Lipinski definition) is 1. The van der Waals surface area contributed by atoms with E-state index in [9.17, 15) is 0 Å². The number of fused-ring (bicyclic) bond motifs is 1. The van der Waals surface area contributed by atoms with Gasteiger partial charge in [-0.25, -0.2) is 0 Å². The Morgan fingerprint density at radius 3 is 3.00 bits per heavy atom. The summed E-state index contributed by atoms with van der Waals surface area (Å²) in [6, 6.07) is 0. The van der Waals surface area contributed by atoms with E-state index in [1.54, 1.807) is 0 Å². The Bertz CT molecular complexity index is 293. The predicted molar refractivity (Wildman–Crippen MR) is 72.3 cm³/mol. The zero-order chi connectivity index (χ0) is 11.1. The first kappa shape index (κ1) is 11.6. The van der Waals surface area contributed by atoms with E-state index < -0.39 is 0 Å². The first-order valence-corrected chi connectivity index (χ1v) is 7.15. The molecule has 0 bridgehead atoms. The van der Waals surface area contributed by atoms with Crippen LogP contribution in [0.4, 0.5) is 0 Å². The van der Waals surface area contributed by atoms with Gasteiger partial charge in [0.1, 0.15) is 0 Å². The molecule has 0 aromatic carbocycles. The lowest BCUT2D eigenvalue weighted by Crippen LogP contribution is -2.28. The topological polar surface area (TPSA) is 9.23 Å². The second kappa shape index (κ2) is 4.21. The highest BCUT2D eigenvalue weighted by Crippen LogP contribution is 2.50. The number of hydrogen-bond donors (Lipinski definition) is 0. The van der Waals surface area contributed by atoms with Crippen LogP contribution in [0, 0.1) is 17.3 Å². The highest BCUT2D eigenvalue weighted by molar-refractivity contribution is 14.1. The minimum Gasteiger partial charge on any atom is -0.376 e. The third-order valence-electron chi connectivity index (χ3n) is 3.70. The maximum absolute atomic E-state index is 5.99. The monoisotopic (exact) mass is 318 g/mol. The Labute approximate surface area is 106 Å². The van der Waals surface area contributed by atoms with E-state index in [0.717, 1.165) is 6.61 Å². The van der Waals surface area contributed by atoms with Gasteiger partial charge >= 0.3 is 0 Å². The van der Waals surface area contributed by atoms with Crippen molar-refractivity contribution in [1.82, 2.24) is 0 Å². The Balaban J connectivity index is 2.24. The number of allylic oxidation sites excluding steroid dienone is 1. The SMILES string of the molecule is C=CC1=CC(C)(C)[C@H]2OC[C@@H](CCI)[C@@H]12. The molecule has 0 aromatic heterocycles. The Hall–Kier alpha value is 0.170. The van der Waals surface area contributed by atoms with Crippen LogP contribution < -0.4 is 0 Å². The van der Waals surface area contributed by atoms with Gasteiger partial charge in [0.2, 0.25) is 0 Å². The fourth-order valence-corrected chi connectivity index (χ4v) is 3.81. The van der Waals surface area contributed by atoms with Gasteiger partial charge in [-0.2, -0.15) is 0 Å². The molecule has 2 rings (SSSR count). The van der Waals surface area contributed by atoms with Gasteiger partial charge < -0.3 is 4.74 Å². The highest BCUT2D eigenvalue weighted by atomic mass is 127. The molecule has 1 heterocycles. The van der Waals surface area contributed by atoms with Crippen molar-refractivity contribution in [2.45, 2.75) is 26.4 Å². The van der Waals surface area contributed by atoms with Crippen molar-refractivity contribution in [3.8, 4) is 0 Å². The Kier molecular flexibility index (Phi) is 3.27. The van der Waals surface area contributed by atoms with Crippen LogP contribution in [0.3, 0.4) is 0 Å². The van der Waals surface area contributed by atoms with Gasteiger partial charge in [-0.1, -0.05) is 55.2 Å². The van der Waals surface area contributed by atoms with Crippen LogP contribution in [0.2, 0.25) is 0 Å². The van der Waals surface area contributed by atoms with Crippen LogP contribution in [0.15, 0.2) is 24.3 Å².